The monoisotopic (exact) mass is 490 g/mol. The molecule has 2 aliphatic rings. The Balaban J connectivity index is 1.64. The van der Waals surface area contributed by atoms with Crippen LogP contribution in [0, 0.1) is 0 Å². The van der Waals surface area contributed by atoms with E-state index in [-0.39, 0.29) is 36.2 Å². The number of benzene rings is 1. The zero-order valence-electron chi connectivity index (χ0n) is 20.0. The number of ether oxygens (including phenoxy) is 2. The van der Waals surface area contributed by atoms with Crippen LogP contribution in [0.1, 0.15) is 45.1 Å². The number of rotatable bonds is 11. The van der Waals surface area contributed by atoms with Crippen molar-refractivity contribution >= 4 is 35.4 Å². The third-order valence-corrected chi connectivity index (χ3v) is 8.04. The van der Waals surface area contributed by atoms with Gasteiger partial charge < -0.3 is 19.3 Å². The maximum absolute atomic E-state index is 13.4. The summed E-state index contributed by atoms with van der Waals surface area (Å²) >= 11 is 1.59. The lowest BCUT2D eigenvalue weighted by molar-refractivity contribution is -0.153. The molecular weight excluding hydrogens is 456 g/mol. The maximum Gasteiger partial charge on any atom is 0.374 e. The number of hydrogen-bond donors (Lipinski definition) is 0. The Labute approximate surface area is 205 Å². The molecule has 0 aliphatic carbocycles. The molecule has 0 bridgehead atoms. The van der Waals surface area contributed by atoms with E-state index in [1.807, 2.05) is 23.1 Å². The van der Waals surface area contributed by atoms with Crippen LogP contribution in [0.5, 0.6) is 0 Å². The Kier molecular flexibility index (Phi) is 9.53. The van der Waals surface area contributed by atoms with E-state index in [9.17, 15) is 19.2 Å². The van der Waals surface area contributed by atoms with Gasteiger partial charge in [0.1, 0.15) is 0 Å². The van der Waals surface area contributed by atoms with E-state index in [2.05, 4.69) is 17.0 Å². The summed E-state index contributed by atoms with van der Waals surface area (Å²) in [6.45, 7) is 6.43. The third kappa shape index (κ3) is 6.60. The Morgan fingerprint density at radius 2 is 1.71 bits per heavy atom. The predicted molar refractivity (Wildman–Crippen MR) is 129 cm³/mol. The Hall–Kier alpha value is -2.39. The van der Waals surface area contributed by atoms with Gasteiger partial charge in [-0.05, 0) is 38.7 Å². The Morgan fingerprint density at radius 3 is 2.35 bits per heavy atom. The van der Waals surface area contributed by atoms with E-state index >= 15 is 0 Å². The number of ketones is 1. The normalized spacial score (nSPS) is 19.9. The molecule has 34 heavy (non-hydrogen) atoms. The summed E-state index contributed by atoms with van der Waals surface area (Å²) in [6, 6.07) is 10.1. The lowest BCUT2D eigenvalue weighted by Gasteiger charge is -2.44. The van der Waals surface area contributed by atoms with Crippen molar-refractivity contribution < 1.29 is 28.7 Å². The number of likely N-dealkylation sites (tertiary alicyclic amines) is 1. The standard InChI is InChI=1S/C25H34N2O6S/c1-3-32-22(29)18-21-23(30)27(15-10-19-8-6-5-7-9-19)25(34-21)12-16-26(17-13-25)14-11-20(28)24(31)33-4-2/h5-9,21H,3-4,10-18H2,1-2H3. The van der Waals surface area contributed by atoms with Crippen molar-refractivity contribution in [3.05, 3.63) is 35.9 Å². The Morgan fingerprint density at radius 1 is 1.03 bits per heavy atom. The van der Waals surface area contributed by atoms with Crippen LogP contribution in [-0.4, -0.2) is 82.9 Å². The zero-order chi connectivity index (χ0) is 24.6. The number of thioether (sulfide) groups is 1. The van der Waals surface area contributed by atoms with Gasteiger partial charge in [0.05, 0.1) is 29.8 Å². The number of carbonyl (C=O) groups is 4. The maximum atomic E-state index is 13.4. The lowest BCUT2D eigenvalue weighted by Crippen LogP contribution is -2.52. The summed E-state index contributed by atoms with van der Waals surface area (Å²) in [7, 11) is 0. The van der Waals surface area contributed by atoms with Crippen LogP contribution in [0.15, 0.2) is 30.3 Å². The van der Waals surface area contributed by atoms with Crippen LogP contribution in [0.25, 0.3) is 0 Å². The minimum atomic E-state index is -0.776. The van der Waals surface area contributed by atoms with E-state index in [0.29, 0.717) is 32.8 Å². The van der Waals surface area contributed by atoms with Crippen molar-refractivity contribution in [2.24, 2.45) is 0 Å². The highest BCUT2D eigenvalue weighted by Crippen LogP contribution is 2.49. The highest BCUT2D eigenvalue weighted by molar-refractivity contribution is 8.02. The van der Waals surface area contributed by atoms with Crippen LogP contribution in [0.3, 0.4) is 0 Å². The summed E-state index contributed by atoms with van der Waals surface area (Å²) in [5, 5.41) is -0.438. The van der Waals surface area contributed by atoms with Crippen molar-refractivity contribution in [1.82, 2.24) is 9.80 Å². The van der Waals surface area contributed by atoms with Crippen molar-refractivity contribution in [3.8, 4) is 0 Å². The molecule has 1 atom stereocenters. The fourth-order valence-electron chi connectivity index (χ4n) is 4.54. The van der Waals surface area contributed by atoms with Gasteiger partial charge >= 0.3 is 11.9 Å². The van der Waals surface area contributed by atoms with Crippen LogP contribution in [-0.2, 0) is 35.1 Å². The molecule has 1 aromatic carbocycles. The second-order valence-corrected chi connectivity index (χ2v) is 10.1. The van der Waals surface area contributed by atoms with Gasteiger partial charge in [-0.15, -0.1) is 11.8 Å². The number of carbonyl (C=O) groups excluding carboxylic acids is 4. The SMILES string of the molecule is CCOC(=O)CC1SC2(CCN(CCC(=O)C(=O)OCC)CC2)N(CCc2ccccc2)C1=O. The summed E-state index contributed by atoms with van der Waals surface area (Å²) in [5.74, 6) is -1.63. The van der Waals surface area contributed by atoms with Crippen molar-refractivity contribution in [2.75, 3.05) is 39.4 Å². The number of piperidine rings is 1. The van der Waals surface area contributed by atoms with E-state index in [1.165, 1.54) is 5.56 Å². The summed E-state index contributed by atoms with van der Waals surface area (Å²) in [5.41, 5.74) is 1.17. The molecule has 186 valence electrons. The molecule has 2 saturated heterocycles. The van der Waals surface area contributed by atoms with Crippen LogP contribution in [0.4, 0.5) is 0 Å². The molecule has 0 N–H and O–H groups in total. The number of esters is 2. The molecule has 2 aliphatic heterocycles. The van der Waals surface area contributed by atoms with Gasteiger partial charge in [0, 0.05) is 32.6 Å². The second-order valence-electron chi connectivity index (χ2n) is 8.52. The van der Waals surface area contributed by atoms with E-state index < -0.39 is 17.0 Å². The molecule has 0 radical (unpaired) electrons. The topological polar surface area (TPSA) is 93.2 Å². The van der Waals surface area contributed by atoms with Gasteiger partial charge in [-0.2, -0.15) is 0 Å². The Bertz CT molecular complexity index is 869. The number of hydrogen-bond acceptors (Lipinski definition) is 8. The molecule has 8 nitrogen and oxygen atoms in total. The molecule has 0 saturated carbocycles. The average Bonchev–Trinajstić information content (AvgIpc) is 3.08. The first kappa shape index (κ1) is 26.2. The molecule has 0 aromatic heterocycles. The van der Waals surface area contributed by atoms with E-state index in [0.717, 1.165) is 19.3 Å². The average molecular weight is 491 g/mol. The first-order chi connectivity index (χ1) is 16.4. The summed E-state index contributed by atoms with van der Waals surface area (Å²) in [6.07, 6.45) is 2.44. The largest absolute Gasteiger partial charge is 0.466 e. The predicted octanol–water partition coefficient (Wildman–Crippen LogP) is 2.44. The third-order valence-electron chi connectivity index (χ3n) is 6.31. The first-order valence-electron chi connectivity index (χ1n) is 12.0. The summed E-state index contributed by atoms with van der Waals surface area (Å²) in [4.78, 5) is 52.8. The van der Waals surface area contributed by atoms with Gasteiger partial charge in [0.2, 0.25) is 11.7 Å². The van der Waals surface area contributed by atoms with E-state index in [4.69, 9.17) is 9.47 Å². The fraction of sp³-hybridized carbons (Fsp3) is 0.600. The fourth-order valence-corrected chi connectivity index (χ4v) is 6.24. The van der Waals surface area contributed by atoms with Gasteiger partial charge in [0.15, 0.2) is 0 Å². The molecule has 2 fully saturated rings. The molecule has 3 rings (SSSR count). The minimum absolute atomic E-state index is 0.0000713. The highest BCUT2D eigenvalue weighted by atomic mass is 32.2. The van der Waals surface area contributed by atoms with Gasteiger partial charge in [0.25, 0.3) is 0 Å². The van der Waals surface area contributed by atoms with Gasteiger partial charge in [-0.1, -0.05) is 30.3 Å². The molecular formula is C25H34N2O6S. The first-order valence-corrected chi connectivity index (χ1v) is 12.9. The quantitative estimate of drug-likeness (QED) is 0.345. The van der Waals surface area contributed by atoms with Crippen molar-refractivity contribution in [3.63, 3.8) is 0 Å². The smallest absolute Gasteiger partial charge is 0.374 e. The lowest BCUT2D eigenvalue weighted by atomic mass is 10.00. The zero-order valence-corrected chi connectivity index (χ0v) is 20.8. The molecule has 1 aromatic rings. The van der Waals surface area contributed by atoms with E-state index in [1.54, 1.807) is 25.6 Å². The van der Waals surface area contributed by atoms with Crippen LogP contribution in [0.2, 0.25) is 0 Å². The van der Waals surface area contributed by atoms with Crippen molar-refractivity contribution in [2.45, 2.75) is 56.1 Å². The molecule has 1 amide bonds. The highest BCUT2D eigenvalue weighted by Gasteiger charge is 2.52. The number of nitrogens with zero attached hydrogens (tertiary/aromatic N) is 2. The molecule has 2 heterocycles. The van der Waals surface area contributed by atoms with Crippen LogP contribution < -0.4 is 0 Å². The molecule has 9 heteroatoms. The minimum Gasteiger partial charge on any atom is -0.466 e. The number of Topliss-reactive ketones (excluding diaryl/α,β-unsaturated/α-hetero) is 1. The molecule has 1 spiro atoms. The number of amides is 1. The van der Waals surface area contributed by atoms with Gasteiger partial charge in [-0.25, -0.2) is 4.79 Å². The second kappa shape index (κ2) is 12.4. The van der Waals surface area contributed by atoms with Crippen molar-refractivity contribution in [1.29, 1.82) is 0 Å². The van der Waals surface area contributed by atoms with Crippen LogP contribution >= 0.6 is 11.8 Å². The summed E-state index contributed by atoms with van der Waals surface area (Å²) < 4.78 is 9.88. The van der Waals surface area contributed by atoms with Gasteiger partial charge in [-0.3, -0.25) is 14.4 Å². The molecule has 1 unspecified atom stereocenters.